The summed E-state index contributed by atoms with van der Waals surface area (Å²) in [6, 6.07) is 0. The molecule has 1 atom stereocenters. The van der Waals surface area contributed by atoms with Crippen molar-refractivity contribution in [2.75, 3.05) is 6.54 Å². The molecule has 0 spiro atoms. The molecule has 0 aliphatic heterocycles. The Bertz CT molecular complexity index is 192. The molecule has 0 aromatic heterocycles. The molecule has 0 heterocycles. The van der Waals surface area contributed by atoms with E-state index in [9.17, 15) is 4.79 Å². The van der Waals surface area contributed by atoms with Crippen LogP contribution in [0.5, 0.6) is 0 Å². The molecule has 4 heteroatoms. The predicted octanol–water partition coefficient (Wildman–Crippen LogP) is 1.96. The first-order chi connectivity index (χ1) is 6.11. The minimum Gasteiger partial charge on any atom is -0.481 e. The summed E-state index contributed by atoms with van der Waals surface area (Å²) in [6.45, 7) is 2.36. The van der Waals surface area contributed by atoms with Gasteiger partial charge in [-0.05, 0) is 32.7 Å². The highest BCUT2D eigenvalue weighted by Gasteiger charge is 2.16. The molecule has 0 aromatic rings. The van der Waals surface area contributed by atoms with Gasteiger partial charge < -0.3 is 10.8 Å². The van der Waals surface area contributed by atoms with E-state index < -0.39 is 5.97 Å². The van der Waals surface area contributed by atoms with Crippen molar-refractivity contribution in [1.82, 2.24) is 0 Å². The van der Waals surface area contributed by atoms with E-state index in [1.54, 1.807) is 0 Å². The molecule has 0 fully saturated rings. The summed E-state index contributed by atoms with van der Waals surface area (Å²) in [6.07, 6.45) is 1.87. The maximum absolute atomic E-state index is 10.7. The molecule has 3 nitrogen and oxygen atoms in total. The van der Waals surface area contributed by atoms with Gasteiger partial charge in [0.05, 0.1) is 5.92 Å². The van der Waals surface area contributed by atoms with E-state index in [-0.39, 0.29) is 5.92 Å². The lowest BCUT2D eigenvalue weighted by atomic mass is 9.96. The van der Waals surface area contributed by atoms with Crippen LogP contribution < -0.4 is 5.73 Å². The van der Waals surface area contributed by atoms with Gasteiger partial charge in [0.15, 0.2) is 0 Å². The second-order valence-electron chi connectivity index (χ2n) is 3.13. The summed E-state index contributed by atoms with van der Waals surface area (Å²) in [7, 11) is 0. The van der Waals surface area contributed by atoms with Crippen LogP contribution in [0.4, 0.5) is 0 Å². The Kier molecular flexibility index (Phi) is 6.63. The molecule has 0 radical (unpaired) electrons. The van der Waals surface area contributed by atoms with Crippen LogP contribution in [0, 0.1) is 5.92 Å². The fraction of sp³-hybridized carbons (Fsp3) is 0.667. The highest BCUT2D eigenvalue weighted by molar-refractivity contribution is 6.25. The Morgan fingerprint density at radius 1 is 1.69 bits per heavy atom. The van der Waals surface area contributed by atoms with E-state index in [1.807, 2.05) is 6.92 Å². The molecule has 0 saturated carbocycles. The molecule has 1 unspecified atom stereocenters. The van der Waals surface area contributed by atoms with Crippen molar-refractivity contribution in [3.8, 4) is 0 Å². The molecule has 0 rings (SSSR count). The summed E-state index contributed by atoms with van der Waals surface area (Å²) < 4.78 is 0. The molecule has 0 aliphatic rings. The predicted molar refractivity (Wildman–Crippen MR) is 53.6 cm³/mol. The third-order valence-corrected chi connectivity index (χ3v) is 2.23. The fourth-order valence-corrected chi connectivity index (χ4v) is 1.20. The lowest BCUT2D eigenvalue weighted by Gasteiger charge is -2.10. The van der Waals surface area contributed by atoms with Gasteiger partial charge in [-0.25, -0.2) is 0 Å². The van der Waals surface area contributed by atoms with Gasteiger partial charge in [-0.3, -0.25) is 4.79 Å². The molecular formula is C9H16ClNO2. The van der Waals surface area contributed by atoms with Crippen LogP contribution in [0.1, 0.15) is 26.2 Å². The van der Waals surface area contributed by atoms with Crippen molar-refractivity contribution in [3.05, 3.63) is 11.1 Å². The first kappa shape index (κ1) is 12.5. The number of allylic oxidation sites excluding steroid dienone is 1. The highest BCUT2D eigenvalue weighted by Crippen LogP contribution is 2.17. The minimum absolute atomic E-state index is 0.349. The molecule has 0 amide bonds. The Labute approximate surface area is 83.6 Å². The van der Waals surface area contributed by atoms with Crippen LogP contribution in [0.25, 0.3) is 0 Å². The normalized spacial score (nSPS) is 14.2. The van der Waals surface area contributed by atoms with Gasteiger partial charge >= 0.3 is 5.97 Å². The zero-order valence-electron chi connectivity index (χ0n) is 7.79. The van der Waals surface area contributed by atoms with Gasteiger partial charge in [-0.2, -0.15) is 0 Å². The van der Waals surface area contributed by atoms with Gasteiger partial charge in [0.25, 0.3) is 0 Å². The van der Waals surface area contributed by atoms with Crippen LogP contribution in [-0.4, -0.2) is 17.6 Å². The van der Waals surface area contributed by atoms with E-state index in [0.29, 0.717) is 19.4 Å². The number of hydrogen-bond donors (Lipinski definition) is 2. The van der Waals surface area contributed by atoms with Crippen LogP contribution >= 0.6 is 11.6 Å². The number of aliphatic carboxylic acids is 1. The molecular weight excluding hydrogens is 190 g/mol. The molecule has 0 aliphatic carbocycles. The number of halogens is 1. The van der Waals surface area contributed by atoms with Crippen molar-refractivity contribution in [2.24, 2.45) is 11.7 Å². The average Bonchev–Trinajstić information content (AvgIpc) is 2.11. The largest absolute Gasteiger partial charge is 0.481 e. The summed E-state index contributed by atoms with van der Waals surface area (Å²) in [5.74, 6) is -1.12. The van der Waals surface area contributed by atoms with Gasteiger partial charge in [-0.15, -0.1) is 0 Å². The van der Waals surface area contributed by atoms with Gasteiger partial charge in [-0.1, -0.05) is 17.2 Å². The summed E-state index contributed by atoms with van der Waals surface area (Å²) in [4.78, 5) is 10.7. The Hall–Kier alpha value is -0.540. The molecule has 76 valence electrons. The first-order valence-corrected chi connectivity index (χ1v) is 4.74. The maximum atomic E-state index is 10.7. The van der Waals surface area contributed by atoms with Crippen LogP contribution in [0.15, 0.2) is 11.1 Å². The Morgan fingerprint density at radius 2 is 2.31 bits per heavy atom. The number of hydrogen-bond acceptors (Lipinski definition) is 2. The number of carboxylic acid groups (broad SMARTS) is 1. The average molecular weight is 206 g/mol. The van der Waals surface area contributed by atoms with Gasteiger partial charge in [0.1, 0.15) is 0 Å². The SMILES string of the molecule is CC(=CCl)CC(CCCN)C(=O)O. The van der Waals surface area contributed by atoms with Crippen LogP contribution in [-0.2, 0) is 4.79 Å². The lowest BCUT2D eigenvalue weighted by molar-refractivity contribution is -0.141. The quantitative estimate of drug-likeness (QED) is 0.697. The summed E-state index contributed by atoms with van der Waals surface area (Å²) >= 11 is 5.46. The Balaban J connectivity index is 4.02. The van der Waals surface area contributed by atoms with Crippen molar-refractivity contribution in [2.45, 2.75) is 26.2 Å². The van der Waals surface area contributed by atoms with Crippen molar-refractivity contribution in [1.29, 1.82) is 0 Å². The molecule has 3 N–H and O–H groups in total. The van der Waals surface area contributed by atoms with E-state index in [2.05, 4.69) is 0 Å². The minimum atomic E-state index is -0.772. The third kappa shape index (κ3) is 5.66. The fourth-order valence-electron chi connectivity index (χ4n) is 1.11. The molecule has 0 bridgehead atoms. The van der Waals surface area contributed by atoms with Crippen molar-refractivity contribution < 1.29 is 9.90 Å². The second kappa shape index (κ2) is 6.92. The molecule has 0 saturated heterocycles. The van der Waals surface area contributed by atoms with E-state index >= 15 is 0 Å². The van der Waals surface area contributed by atoms with E-state index in [0.717, 1.165) is 12.0 Å². The van der Waals surface area contributed by atoms with E-state index in [1.165, 1.54) is 5.54 Å². The maximum Gasteiger partial charge on any atom is 0.306 e. The monoisotopic (exact) mass is 205 g/mol. The topological polar surface area (TPSA) is 63.3 Å². The molecule has 13 heavy (non-hydrogen) atoms. The zero-order valence-corrected chi connectivity index (χ0v) is 8.55. The smallest absolute Gasteiger partial charge is 0.306 e. The van der Waals surface area contributed by atoms with Gasteiger partial charge in [0.2, 0.25) is 0 Å². The standard InChI is InChI=1S/C9H16ClNO2/c1-7(6-10)5-8(9(12)13)3-2-4-11/h6,8H,2-5,11H2,1H3,(H,12,13). The molecule has 0 aromatic carbocycles. The van der Waals surface area contributed by atoms with Crippen LogP contribution in [0.3, 0.4) is 0 Å². The summed E-state index contributed by atoms with van der Waals surface area (Å²) in [5, 5.41) is 8.83. The zero-order chi connectivity index (χ0) is 10.3. The van der Waals surface area contributed by atoms with Crippen LogP contribution in [0.2, 0.25) is 0 Å². The van der Waals surface area contributed by atoms with Crippen molar-refractivity contribution in [3.63, 3.8) is 0 Å². The number of rotatable bonds is 6. The van der Waals surface area contributed by atoms with Crippen molar-refractivity contribution >= 4 is 17.6 Å². The highest BCUT2D eigenvalue weighted by atomic mass is 35.5. The number of nitrogens with two attached hydrogens (primary N) is 1. The second-order valence-corrected chi connectivity index (χ2v) is 3.34. The van der Waals surface area contributed by atoms with E-state index in [4.69, 9.17) is 22.4 Å². The number of carboxylic acids is 1. The summed E-state index contributed by atoms with van der Waals surface area (Å²) in [5.41, 5.74) is 7.63. The van der Waals surface area contributed by atoms with Gasteiger partial charge in [0, 0.05) is 5.54 Å². The first-order valence-electron chi connectivity index (χ1n) is 4.30. The lowest BCUT2D eigenvalue weighted by Crippen LogP contribution is -2.15. The third-order valence-electron chi connectivity index (χ3n) is 1.86. The number of carbonyl (C=O) groups is 1. The Morgan fingerprint density at radius 3 is 2.69 bits per heavy atom.